The van der Waals surface area contributed by atoms with Crippen LogP contribution in [0.15, 0.2) is 59.6 Å². The molecule has 1 aromatic heterocycles. The molecular weight excluding hydrogens is 433 g/mol. The van der Waals surface area contributed by atoms with E-state index in [0.29, 0.717) is 11.3 Å². The van der Waals surface area contributed by atoms with Gasteiger partial charge in [0.1, 0.15) is 11.5 Å². The van der Waals surface area contributed by atoms with Crippen molar-refractivity contribution in [3.8, 4) is 0 Å². The molecule has 0 radical (unpaired) electrons. The number of anilines is 1. The standard InChI is InChI=1S/C22H26FN5O3S/c1-2-3-4-5-14-28-16-20(25-27-28)15-24-22(29)17-6-10-19(11-7-17)26-32(30,31)21-12-8-18(23)9-13-21/h6-13,16,26H,2-5,14-15H2,1H3,(H,24,29). The van der Waals surface area contributed by atoms with Crippen LogP contribution < -0.4 is 10.0 Å². The van der Waals surface area contributed by atoms with Crippen LogP contribution in [0.25, 0.3) is 0 Å². The topological polar surface area (TPSA) is 106 Å². The molecule has 0 aliphatic rings. The lowest BCUT2D eigenvalue weighted by Crippen LogP contribution is -2.23. The van der Waals surface area contributed by atoms with Gasteiger partial charge in [-0.15, -0.1) is 5.10 Å². The predicted molar refractivity (Wildman–Crippen MR) is 119 cm³/mol. The van der Waals surface area contributed by atoms with Crippen LogP contribution >= 0.6 is 0 Å². The van der Waals surface area contributed by atoms with Crippen molar-refractivity contribution < 1.29 is 17.6 Å². The fourth-order valence-electron chi connectivity index (χ4n) is 3.02. The molecule has 0 saturated heterocycles. The number of aromatic nitrogens is 3. The number of carbonyl (C=O) groups excluding carboxylic acids is 1. The van der Waals surface area contributed by atoms with E-state index in [4.69, 9.17) is 0 Å². The molecule has 0 fully saturated rings. The van der Waals surface area contributed by atoms with Gasteiger partial charge < -0.3 is 5.32 Å². The molecule has 0 bridgehead atoms. The average molecular weight is 460 g/mol. The molecule has 1 heterocycles. The van der Waals surface area contributed by atoms with Gasteiger partial charge in [0, 0.05) is 17.8 Å². The van der Waals surface area contributed by atoms with Crippen LogP contribution in [0.5, 0.6) is 0 Å². The molecular formula is C22H26FN5O3S. The molecule has 8 nitrogen and oxygen atoms in total. The maximum Gasteiger partial charge on any atom is 0.261 e. The number of carbonyl (C=O) groups is 1. The minimum atomic E-state index is -3.85. The second-order valence-electron chi connectivity index (χ2n) is 7.35. The number of benzene rings is 2. The van der Waals surface area contributed by atoms with Crippen molar-refractivity contribution in [2.75, 3.05) is 4.72 Å². The molecule has 32 heavy (non-hydrogen) atoms. The van der Waals surface area contributed by atoms with Crippen molar-refractivity contribution in [1.82, 2.24) is 20.3 Å². The van der Waals surface area contributed by atoms with Gasteiger partial charge in [-0.05, 0) is 55.0 Å². The Morgan fingerprint density at radius 2 is 1.75 bits per heavy atom. The molecule has 170 valence electrons. The lowest BCUT2D eigenvalue weighted by Gasteiger charge is -2.09. The molecule has 3 aromatic rings. The molecule has 2 aromatic carbocycles. The summed E-state index contributed by atoms with van der Waals surface area (Å²) in [5, 5.41) is 10.9. The van der Waals surface area contributed by atoms with E-state index in [-0.39, 0.29) is 23.0 Å². The number of halogens is 1. The van der Waals surface area contributed by atoms with Crippen LogP contribution in [-0.4, -0.2) is 29.3 Å². The first kappa shape index (κ1) is 23.4. The van der Waals surface area contributed by atoms with E-state index in [9.17, 15) is 17.6 Å². The highest BCUT2D eigenvalue weighted by Gasteiger charge is 2.15. The summed E-state index contributed by atoms with van der Waals surface area (Å²) in [5.74, 6) is -0.829. The minimum Gasteiger partial charge on any atom is -0.346 e. The first-order valence-corrected chi connectivity index (χ1v) is 11.9. The lowest BCUT2D eigenvalue weighted by molar-refractivity contribution is 0.0950. The number of aryl methyl sites for hydroxylation is 1. The second kappa shape index (κ2) is 10.9. The fourth-order valence-corrected chi connectivity index (χ4v) is 4.08. The summed E-state index contributed by atoms with van der Waals surface area (Å²) in [6, 6.07) is 10.5. The van der Waals surface area contributed by atoms with Crippen molar-refractivity contribution in [3.05, 3.63) is 71.8 Å². The van der Waals surface area contributed by atoms with Crippen molar-refractivity contribution in [1.29, 1.82) is 0 Å². The maximum absolute atomic E-state index is 13.0. The Kier molecular flexibility index (Phi) is 7.93. The van der Waals surface area contributed by atoms with Crippen LogP contribution in [0.4, 0.5) is 10.1 Å². The molecule has 0 aliphatic heterocycles. The first-order valence-electron chi connectivity index (χ1n) is 10.4. The Balaban J connectivity index is 1.52. The summed E-state index contributed by atoms with van der Waals surface area (Å²) in [6.07, 6.45) is 6.39. The first-order chi connectivity index (χ1) is 15.4. The SMILES string of the molecule is CCCCCCn1cc(CNC(=O)c2ccc(NS(=O)(=O)c3ccc(F)cc3)cc2)nn1. The fraction of sp³-hybridized carbons (Fsp3) is 0.318. The van der Waals surface area contributed by atoms with E-state index in [1.807, 2.05) is 6.20 Å². The normalized spacial score (nSPS) is 11.3. The number of nitrogens with zero attached hydrogens (tertiary/aromatic N) is 3. The molecule has 3 rings (SSSR count). The van der Waals surface area contributed by atoms with Crippen molar-refractivity contribution in [2.45, 2.75) is 50.6 Å². The summed E-state index contributed by atoms with van der Waals surface area (Å²) in [4.78, 5) is 12.3. The summed E-state index contributed by atoms with van der Waals surface area (Å²) < 4.78 is 41.9. The maximum atomic E-state index is 13.0. The molecule has 0 unspecified atom stereocenters. The highest BCUT2D eigenvalue weighted by Crippen LogP contribution is 2.17. The van der Waals surface area contributed by atoms with Gasteiger partial charge in [-0.1, -0.05) is 31.4 Å². The predicted octanol–water partition coefficient (Wildman–Crippen LogP) is 3.73. The Hall–Kier alpha value is -3.27. The Morgan fingerprint density at radius 1 is 1.03 bits per heavy atom. The Labute approximate surface area is 186 Å². The Morgan fingerprint density at radius 3 is 2.44 bits per heavy atom. The summed E-state index contributed by atoms with van der Waals surface area (Å²) in [7, 11) is -3.85. The van der Waals surface area contributed by atoms with E-state index >= 15 is 0 Å². The number of nitrogens with one attached hydrogen (secondary N) is 2. The zero-order valence-electron chi connectivity index (χ0n) is 17.8. The third-order valence-electron chi connectivity index (χ3n) is 4.78. The van der Waals surface area contributed by atoms with Crippen LogP contribution in [0.2, 0.25) is 0 Å². The monoisotopic (exact) mass is 459 g/mol. The van der Waals surface area contributed by atoms with Gasteiger partial charge in [0.25, 0.3) is 15.9 Å². The summed E-state index contributed by atoms with van der Waals surface area (Å²) in [6.45, 7) is 3.21. The van der Waals surface area contributed by atoms with E-state index < -0.39 is 15.8 Å². The van der Waals surface area contributed by atoms with Crippen LogP contribution in [0.3, 0.4) is 0 Å². The number of sulfonamides is 1. The number of hydrogen-bond acceptors (Lipinski definition) is 5. The Bertz CT molecular complexity index is 1130. The van der Waals surface area contributed by atoms with Crippen molar-refractivity contribution in [3.63, 3.8) is 0 Å². The summed E-state index contributed by atoms with van der Waals surface area (Å²) >= 11 is 0. The van der Waals surface area contributed by atoms with E-state index in [1.165, 1.54) is 49.2 Å². The van der Waals surface area contributed by atoms with Gasteiger partial charge >= 0.3 is 0 Å². The molecule has 0 atom stereocenters. The zero-order valence-corrected chi connectivity index (χ0v) is 18.6. The molecule has 0 aliphatic carbocycles. The minimum absolute atomic E-state index is 0.0564. The quantitative estimate of drug-likeness (QED) is 0.425. The molecule has 0 spiro atoms. The average Bonchev–Trinajstić information content (AvgIpc) is 3.23. The third kappa shape index (κ3) is 6.61. The summed E-state index contributed by atoms with van der Waals surface area (Å²) in [5.41, 5.74) is 1.33. The number of rotatable bonds is 11. The molecule has 2 N–H and O–H groups in total. The van der Waals surface area contributed by atoms with Crippen LogP contribution in [0, 0.1) is 5.82 Å². The molecule has 0 saturated carbocycles. The number of unbranched alkanes of at least 4 members (excludes halogenated alkanes) is 3. The van der Waals surface area contributed by atoms with E-state index in [2.05, 4.69) is 27.3 Å². The van der Waals surface area contributed by atoms with Gasteiger partial charge in [-0.25, -0.2) is 12.8 Å². The number of hydrogen-bond donors (Lipinski definition) is 2. The van der Waals surface area contributed by atoms with E-state index in [1.54, 1.807) is 4.68 Å². The molecule has 1 amide bonds. The van der Waals surface area contributed by atoms with E-state index in [0.717, 1.165) is 31.5 Å². The lowest BCUT2D eigenvalue weighted by atomic mass is 10.2. The van der Waals surface area contributed by atoms with Gasteiger partial charge in [0.15, 0.2) is 0 Å². The van der Waals surface area contributed by atoms with Gasteiger partial charge in [-0.2, -0.15) is 0 Å². The van der Waals surface area contributed by atoms with Crippen molar-refractivity contribution >= 4 is 21.6 Å². The highest BCUT2D eigenvalue weighted by atomic mass is 32.2. The van der Waals surface area contributed by atoms with Crippen molar-refractivity contribution in [2.24, 2.45) is 0 Å². The van der Waals surface area contributed by atoms with Gasteiger partial charge in [0.05, 0.1) is 17.6 Å². The molecule has 10 heteroatoms. The number of amides is 1. The second-order valence-corrected chi connectivity index (χ2v) is 9.04. The van der Waals surface area contributed by atoms with Crippen LogP contribution in [0.1, 0.15) is 48.7 Å². The zero-order chi connectivity index (χ0) is 23.0. The van der Waals surface area contributed by atoms with Gasteiger partial charge in [0.2, 0.25) is 0 Å². The smallest absolute Gasteiger partial charge is 0.261 e. The highest BCUT2D eigenvalue weighted by molar-refractivity contribution is 7.92. The van der Waals surface area contributed by atoms with Gasteiger partial charge in [-0.3, -0.25) is 14.2 Å². The largest absolute Gasteiger partial charge is 0.346 e. The third-order valence-corrected chi connectivity index (χ3v) is 6.18. The van der Waals surface area contributed by atoms with Crippen LogP contribution in [-0.2, 0) is 23.1 Å².